The van der Waals surface area contributed by atoms with Crippen LogP contribution in [-0.4, -0.2) is 36.9 Å². The van der Waals surface area contributed by atoms with Gasteiger partial charge in [0.05, 0.1) is 11.3 Å². The molecule has 130 valence electrons. The number of aromatic nitrogens is 2. The van der Waals surface area contributed by atoms with Gasteiger partial charge in [-0.2, -0.15) is 0 Å². The molecule has 0 aliphatic carbocycles. The smallest absolute Gasteiger partial charge is 0.148 e. The van der Waals surface area contributed by atoms with Gasteiger partial charge < -0.3 is 11.1 Å². The standard InChI is InChI=1S/C18H20N4O2S/c1-25(23,24)8-7-20-11-13-3-2-4-14(9-13)15-5-6-16-17(10-15)21-12-22-18(16)19/h2-6,9-10,12,20H,7-8,11H2,1H3,(H2,19,21,22). The minimum Gasteiger partial charge on any atom is -0.383 e. The van der Waals surface area contributed by atoms with E-state index in [1.54, 1.807) is 0 Å². The molecule has 0 saturated carbocycles. The highest BCUT2D eigenvalue weighted by molar-refractivity contribution is 7.90. The molecule has 0 aliphatic rings. The summed E-state index contributed by atoms with van der Waals surface area (Å²) in [5, 5.41) is 4.00. The van der Waals surface area contributed by atoms with Crippen molar-refractivity contribution in [2.75, 3.05) is 24.3 Å². The van der Waals surface area contributed by atoms with E-state index in [2.05, 4.69) is 21.4 Å². The number of nitrogens with zero attached hydrogens (tertiary/aromatic N) is 2. The van der Waals surface area contributed by atoms with Crippen molar-refractivity contribution in [1.82, 2.24) is 15.3 Å². The molecule has 1 heterocycles. The summed E-state index contributed by atoms with van der Waals surface area (Å²) in [6, 6.07) is 14.0. The molecule has 25 heavy (non-hydrogen) atoms. The van der Waals surface area contributed by atoms with E-state index in [0.29, 0.717) is 18.9 Å². The van der Waals surface area contributed by atoms with Crippen molar-refractivity contribution >= 4 is 26.6 Å². The van der Waals surface area contributed by atoms with E-state index in [4.69, 9.17) is 5.73 Å². The normalized spacial score (nSPS) is 11.7. The van der Waals surface area contributed by atoms with E-state index in [-0.39, 0.29) is 5.75 Å². The van der Waals surface area contributed by atoms with Crippen molar-refractivity contribution in [3.8, 4) is 11.1 Å². The molecule has 1 aromatic heterocycles. The first-order valence-corrected chi connectivity index (χ1v) is 9.96. The highest BCUT2D eigenvalue weighted by atomic mass is 32.2. The summed E-state index contributed by atoms with van der Waals surface area (Å²) in [7, 11) is -2.94. The van der Waals surface area contributed by atoms with Crippen molar-refractivity contribution in [2.24, 2.45) is 0 Å². The fourth-order valence-electron chi connectivity index (χ4n) is 2.61. The van der Waals surface area contributed by atoms with Crippen LogP contribution in [0.25, 0.3) is 22.0 Å². The largest absolute Gasteiger partial charge is 0.383 e. The Morgan fingerprint density at radius 2 is 1.88 bits per heavy atom. The van der Waals surface area contributed by atoms with E-state index >= 15 is 0 Å². The van der Waals surface area contributed by atoms with Gasteiger partial charge in [0.15, 0.2) is 0 Å². The first-order valence-electron chi connectivity index (χ1n) is 7.90. The predicted molar refractivity (Wildman–Crippen MR) is 101 cm³/mol. The third-order valence-electron chi connectivity index (χ3n) is 3.91. The summed E-state index contributed by atoms with van der Waals surface area (Å²) in [6.45, 7) is 1.06. The minimum absolute atomic E-state index is 0.137. The van der Waals surface area contributed by atoms with Crippen LogP contribution in [0, 0.1) is 0 Å². The maximum Gasteiger partial charge on any atom is 0.148 e. The first-order chi connectivity index (χ1) is 11.9. The molecule has 0 bridgehead atoms. The molecular formula is C18H20N4O2S. The molecule has 3 aromatic rings. The highest BCUT2D eigenvalue weighted by Gasteiger charge is 2.05. The maximum absolute atomic E-state index is 11.2. The van der Waals surface area contributed by atoms with Crippen LogP contribution in [-0.2, 0) is 16.4 Å². The summed E-state index contributed by atoms with van der Waals surface area (Å²) in [5.41, 5.74) is 9.88. The lowest BCUT2D eigenvalue weighted by Crippen LogP contribution is -2.21. The Labute approximate surface area is 147 Å². The van der Waals surface area contributed by atoms with E-state index in [0.717, 1.165) is 27.6 Å². The zero-order valence-electron chi connectivity index (χ0n) is 13.9. The minimum atomic E-state index is -2.94. The number of nitrogens with two attached hydrogens (primary N) is 1. The van der Waals surface area contributed by atoms with Crippen LogP contribution in [0.15, 0.2) is 48.8 Å². The van der Waals surface area contributed by atoms with Gasteiger partial charge in [-0.25, -0.2) is 18.4 Å². The number of nitrogens with one attached hydrogen (secondary N) is 1. The van der Waals surface area contributed by atoms with E-state index in [9.17, 15) is 8.42 Å². The number of rotatable bonds is 6. The molecule has 0 spiro atoms. The Balaban J connectivity index is 1.77. The van der Waals surface area contributed by atoms with Crippen molar-refractivity contribution in [2.45, 2.75) is 6.54 Å². The molecule has 0 saturated heterocycles. The van der Waals surface area contributed by atoms with Crippen LogP contribution < -0.4 is 11.1 Å². The van der Waals surface area contributed by atoms with Crippen molar-refractivity contribution < 1.29 is 8.42 Å². The molecule has 3 N–H and O–H groups in total. The van der Waals surface area contributed by atoms with Crippen LogP contribution in [0.2, 0.25) is 0 Å². The molecule has 0 fully saturated rings. The van der Waals surface area contributed by atoms with Gasteiger partial charge in [0, 0.05) is 24.7 Å². The molecule has 2 aromatic carbocycles. The average Bonchev–Trinajstić information content (AvgIpc) is 2.58. The molecule has 0 aliphatic heterocycles. The quantitative estimate of drug-likeness (QED) is 0.656. The van der Waals surface area contributed by atoms with Crippen molar-refractivity contribution in [1.29, 1.82) is 0 Å². The Bertz CT molecular complexity index is 1000. The summed E-state index contributed by atoms with van der Waals surface area (Å²) in [5.74, 6) is 0.610. The number of hydrogen-bond donors (Lipinski definition) is 2. The van der Waals surface area contributed by atoms with Gasteiger partial charge in [0.25, 0.3) is 0 Å². The highest BCUT2D eigenvalue weighted by Crippen LogP contribution is 2.25. The van der Waals surface area contributed by atoms with Gasteiger partial charge in [-0.3, -0.25) is 0 Å². The number of benzene rings is 2. The van der Waals surface area contributed by atoms with Crippen LogP contribution >= 0.6 is 0 Å². The molecule has 3 rings (SSSR count). The Morgan fingerprint density at radius 3 is 2.68 bits per heavy atom. The van der Waals surface area contributed by atoms with E-state index in [1.807, 2.05) is 36.4 Å². The topological polar surface area (TPSA) is 98.0 Å². The van der Waals surface area contributed by atoms with Crippen LogP contribution in [0.3, 0.4) is 0 Å². The van der Waals surface area contributed by atoms with Gasteiger partial charge in [-0.05, 0) is 34.9 Å². The van der Waals surface area contributed by atoms with Gasteiger partial charge in [0.1, 0.15) is 22.0 Å². The van der Waals surface area contributed by atoms with Crippen molar-refractivity contribution in [3.05, 3.63) is 54.4 Å². The lowest BCUT2D eigenvalue weighted by molar-refractivity contribution is 0.596. The number of hydrogen-bond acceptors (Lipinski definition) is 6. The number of fused-ring (bicyclic) bond motifs is 1. The van der Waals surface area contributed by atoms with E-state index < -0.39 is 9.84 Å². The first kappa shape index (κ1) is 17.3. The molecule has 0 atom stereocenters. The lowest BCUT2D eigenvalue weighted by Gasteiger charge is -2.08. The van der Waals surface area contributed by atoms with Crippen LogP contribution in [0.1, 0.15) is 5.56 Å². The van der Waals surface area contributed by atoms with E-state index in [1.165, 1.54) is 12.6 Å². The Kier molecular flexibility index (Phi) is 4.96. The zero-order chi connectivity index (χ0) is 17.9. The van der Waals surface area contributed by atoms with Gasteiger partial charge in [-0.1, -0.05) is 24.3 Å². The Morgan fingerprint density at radius 1 is 1.08 bits per heavy atom. The summed E-state index contributed by atoms with van der Waals surface area (Å²) in [4.78, 5) is 8.27. The molecule has 0 radical (unpaired) electrons. The summed E-state index contributed by atoms with van der Waals surface area (Å²) < 4.78 is 22.3. The van der Waals surface area contributed by atoms with Crippen molar-refractivity contribution in [3.63, 3.8) is 0 Å². The number of sulfone groups is 1. The van der Waals surface area contributed by atoms with Crippen LogP contribution in [0.4, 0.5) is 5.82 Å². The van der Waals surface area contributed by atoms with Gasteiger partial charge >= 0.3 is 0 Å². The monoisotopic (exact) mass is 356 g/mol. The lowest BCUT2D eigenvalue weighted by atomic mass is 10.0. The SMILES string of the molecule is CS(=O)(=O)CCNCc1cccc(-c2ccc3c(N)ncnc3c2)c1. The Hall–Kier alpha value is -2.51. The second kappa shape index (κ2) is 7.16. The van der Waals surface area contributed by atoms with Gasteiger partial charge in [0.2, 0.25) is 0 Å². The maximum atomic E-state index is 11.2. The fraction of sp³-hybridized carbons (Fsp3) is 0.222. The fourth-order valence-corrected chi connectivity index (χ4v) is 3.12. The number of nitrogen functional groups attached to an aromatic ring is 1. The second-order valence-electron chi connectivity index (χ2n) is 6.00. The predicted octanol–water partition coefficient (Wildman–Crippen LogP) is 2.01. The number of anilines is 1. The molecular weight excluding hydrogens is 336 g/mol. The zero-order valence-corrected chi connectivity index (χ0v) is 14.8. The molecule has 0 unspecified atom stereocenters. The second-order valence-corrected chi connectivity index (χ2v) is 8.26. The molecule has 0 amide bonds. The summed E-state index contributed by atoms with van der Waals surface area (Å²) >= 11 is 0. The van der Waals surface area contributed by atoms with Crippen LogP contribution in [0.5, 0.6) is 0 Å². The third kappa shape index (κ3) is 4.52. The average molecular weight is 356 g/mol. The molecule has 7 heteroatoms. The summed E-state index contributed by atoms with van der Waals surface area (Å²) in [6.07, 6.45) is 2.70. The third-order valence-corrected chi connectivity index (χ3v) is 4.85. The van der Waals surface area contributed by atoms with Gasteiger partial charge in [-0.15, -0.1) is 0 Å². The molecule has 6 nitrogen and oxygen atoms in total.